The van der Waals surface area contributed by atoms with Gasteiger partial charge < -0.3 is 9.80 Å². The number of benzene rings is 2. The number of halogens is 1. The molecule has 166 valence electrons. The van der Waals surface area contributed by atoms with Gasteiger partial charge in [-0.25, -0.2) is 4.98 Å². The van der Waals surface area contributed by atoms with Crippen molar-refractivity contribution >= 4 is 34.4 Å². The third kappa shape index (κ3) is 3.51. The summed E-state index contributed by atoms with van der Waals surface area (Å²) in [6.07, 6.45) is 6.06. The van der Waals surface area contributed by atoms with Gasteiger partial charge in [0.1, 0.15) is 5.82 Å². The van der Waals surface area contributed by atoms with Crippen molar-refractivity contribution in [3.8, 4) is 5.69 Å². The van der Waals surface area contributed by atoms with Crippen LogP contribution in [0.15, 0.2) is 55.0 Å². The van der Waals surface area contributed by atoms with E-state index in [9.17, 15) is 4.79 Å². The molecule has 8 nitrogen and oxygen atoms in total. The molecule has 4 heterocycles. The third-order valence-electron chi connectivity index (χ3n) is 6.65. The number of carbonyl (C=O) groups is 1. The number of nitrogens with zero attached hydrogens (tertiary/aromatic N) is 7. The van der Waals surface area contributed by atoms with Gasteiger partial charge in [0.05, 0.1) is 46.9 Å². The summed E-state index contributed by atoms with van der Waals surface area (Å²) >= 11 is 6.15. The van der Waals surface area contributed by atoms with Crippen LogP contribution in [0.2, 0.25) is 5.02 Å². The maximum Gasteiger partial charge on any atom is 0.256 e. The highest BCUT2D eigenvalue weighted by atomic mass is 35.5. The van der Waals surface area contributed by atoms with Crippen LogP contribution in [0.4, 0.5) is 5.82 Å². The van der Waals surface area contributed by atoms with E-state index < -0.39 is 0 Å². The minimum atomic E-state index is 0.0190. The Labute approximate surface area is 195 Å². The van der Waals surface area contributed by atoms with Gasteiger partial charge in [-0.15, -0.1) is 0 Å². The lowest BCUT2D eigenvalue weighted by Crippen LogP contribution is -2.66. The molecule has 0 spiro atoms. The fourth-order valence-corrected chi connectivity index (χ4v) is 5.02. The summed E-state index contributed by atoms with van der Waals surface area (Å²) in [4.78, 5) is 28.6. The standard InChI is InChI=1S/C24H22ClN7O/c1-15-2-5-21(32-27-7-8-28-32)18(10-15)24(33)31-13-16-6-9-30(14-22(16)31)23-12-26-19-4-3-17(25)11-20(19)29-23/h2-5,7-8,10-12,16,22H,6,9,13-14H2,1H3/t16-,22-/m0/s1. The molecule has 0 aliphatic carbocycles. The van der Waals surface area contributed by atoms with E-state index >= 15 is 0 Å². The van der Waals surface area contributed by atoms with Gasteiger partial charge in [0.25, 0.3) is 5.91 Å². The predicted molar refractivity (Wildman–Crippen MR) is 126 cm³/mol. The molecule has 6 rings (SSSR count). The van der Waals surface area contributed by atoms with Crippen molar-refractivity contribution in [3.63, 3.8) is 0 Å². The molecule has 2 aliphatic rings. The van der Waals surface area contributed by atoms with Gasteiger partial charge >= 0.3 is 0 Å². The topological polar surface area (TPSA) is 80.0 Å². The van der Waals surface area contributed by atoms with Crippen LogP contribution in [-0.4, -0.2) is 61.4 Å². The Bertz CT molecular complexity index is 1360. The Hall–Kier alpha value is -3.52. The molecule has 2 fully saturated rings. The summed E-state index contributed by atoms with van der Waals surface area (Å²) < 4.78 is 0. The Morgan fingerprint density at radius 1 is 1.06 bits per heavy atom. The number of anilines is 1. The summed E-state index contributed by atoms with van der Waals surface area (Å²) in [5.41, 5.74) is 3.95. The maximum atomic E-state index is 13.6. The van der Waals surface area contributed by atoms with Crippen molar-refractivity contribution in [3.05, 3.63) is 71.1 Å². The van der Waals surface area contributed by atoms with Crippen LogP contribution < -0.4 is 4.90 Å². The smallest absolute Gasteiger partial charge is 0.256 e. The summed E-state index contributed by atoms with van der Waals surface area (Å²) in [5, 5.41) is 9.10. The van der Waals surface area contributed by atoms with Crippen molar-refractivity contribution in [2.75, 3.05) is 24.5 Å². The van der Waals surface area contributed by atoms with E-state index in [2.05, 4.69) is 20.1 Å². The molecular formula is C24H22ClN7O. The lowest BCUT2D eigenvalue weighted by Gasteiger charge is -2.53. The molecule has 2 aliphatic heterocycles. The average molecular weight is 460 g/mol. The number of amides is 1. The Balaban J connectivity index is 1.26. The number of aryl methyl sites for hydroxylation is 1. The fraction of sp³-hybridized carbons (Fsp3) is 0.292. The minimum Gasteiger partial charge on any atom is -0.353 e. The van der Waals surface area contributed by atoms with Crippen LogP contribution in [0.25, 0.3) is 16.7 Å². The number of carbonyl (C=O) groups excluding carboxylic acids is 1. The van der Waals surface area contributed by atoms with Gasteiger partial charge in [0.15, 0.2) is 0 Å². The summed E-state index contributed by atoms with van der Waals surface area (Å²) in [5.74, 6) is 1.34. The normalized spacial score (nSPS) is 19.9. The van der Waals surface area contributed by atoms with Crippen LogP contribution >= 0.6 is 11.6 Å². The zero-order valence-electron chi connectivity index (χ0n) is 18.1. The lowest BCUT2D eigenvalue weighted by molar-refractivity contribution is 0.00777. The van der Waals surface area contributed by atoms with Gasteiger partial charge in [-0.1, -0.05) is 23.2 Å². The van der Waals surface area contributed by atoms with Gasteiger partial charge in [-0.2, -0.15) is 15.0 Å². The third-order valence-corrected chi connectivity index (χ3v) is 6.88. The molecule has 0 bridgehead atoms. The minimum absolute atomic E-state index is 0.0190. The number of piperidine rings is 1. The Morgan fingerprint density at radius 3 is 2.76 bits per heavy atom. The number of hydrogen-bond donors (Lipinski definition) is 0. The second kappa shape index (κ2) is 7.81. The number of fused-ring (bicyclic) bond motifs is 2. The van der Waals surface area contributed by atoms with Crippen LogP contribution in [0.5, 0.6) is 0 Å². The summed E-state index contributed by atoms with van der Waals surface area (Å²) in [6, 6.07) is 11.5. The van der Waals surface area contributed by atoms with Crippen molar-refractivity contribution < 1.29 is 4.79 Å². The number of likely N-dealkylation sites (tertiary alicyclic amines) is 1. The highest BCUT2D eigenvalue weighted by Crippen LogP contribution is 2.36. The first-order valence-electron chi connectivity index (χ1n) is 11.0. The average Bonchev–Trinajstić information content (AvgIpc) is 3.34. The van der Waals surface area contributed by atoms with Crippen molar-refractivity contribution in [2.24, 2.45) is 5.92 Å². The van der Waals surface area contributed by atoms with Crippen LogP contribution in [-0.2, 0) is 0 Å². The number of rotatable bonds is 3. The summed E-state index contributed by atoms with van der Waals surface area (Å²) in [6.45, 7) is 4.40. The first-order chi connectivity index (χ1) is 16.1. The van der Waals surface area contributed by atoms with E-state index in [4.69, 9.17) is 16.6 Å². The molecule has 0 saturated carbocycles. The number of aromatic nitrogens is 5. The molecule has 0 radical (unpaired) electrons. The molecule has 1 amide bonds. The van der Waals surface area contributed by atoms with Gasteiger partial charge in [-0.05, 0) is 43.7 Å². The molecule has 33 heavy (non-hydrogen) atoms. The monoisotopic (exact) mass is 459 g/mol. The van der Waals surface area contributed by atoms with Crippen LogP contribution in [0.3, 0.4) is 0 Å². The molecular weight excluding hydrogens is 438 g/mol. The predicted octanol–water partition coefficient (Wildman–Crippen LogP) is 3.52. The second-order valence-electron chi connectivity index (χ2n) is 8.72. The molecule has 0 N–H and O–H groups in total. The van der Waals surface area contributed by atoms with E-state index in [0.717, 1.165) is 48.5 Å². The molecule has 2 atom stereocenters. The Kier molecular flexibility index (Phi) is 4.76. The molecule has 4 aromatic rings. The maximum absolute atomic E-state index is 13.6. The van der Waals surface area contributed by atoms with E-state index in [-0.39, 0.29) is 11.9 Å². The largest absolute Gasteiger partial charge is 0.353 e. The summed E-state index contributed by atoms with van der Waals surface area (Å²) in [7, 11) is 0. The van der Waals surface area contributed by atoms with E-state index in [0.29, 0.717) is 22.2 Å². The molecule has 2 aromatic carbocycles. The molecule has 2 aromatic heterocycles. The van der Waals surface area contributed by atoms with Crippen molar-refractivity contribution in [2.45, 2.75) is 19.4 Å². The molecule has 2 saturated heterocycles. The molecule has 0 unspecified atom stereocenters. The molecule has 9 heteroatoms. The number of hydrogen-bond acceptors (Lipinski definition) is 6. The van der Waals surface area contributed by atoms with Gasteiger partial charge in [0, 0.05) is 30.6 Å². The Morgan fingerprint density at radius 2 is 1.91 bits per heavy atom. The fourth-order valence-electron chi connectivity index (χ4n) is 4.86. The first-order valence-corrected chi connectivity index (χ1v) is 11.4. The zero-order chi connectivity index (χ0) is 22.5. The second-order valence-corrected chi connectivity index (χ2v) is 9.16. The first kappa shape index (κ1) is 20.1. The van der Waals surface area contributed by atoms with E-state index in [1.807, 2.05) is 54.4 Å². The van der Waals surface area contributed by atoms with Crippen molar-refractivity contribution in [1.29, 1.82) is 0 Å². The highest BCUT2D eigenvalue weighted by molar-refractivity contribution is 6.31. The van der Waals surface area contributed by atoms with Gasteiger partial charge in [0.2, 0.25) is 0 Å². The van der Waals surface area contributed by atoms with Crippen LogP contribution in [0, 0.1) is 12.8 Å². The van der Waals surface area contributed by atoms with Gasteiger partial charge in [-0.3, -0.25) is 9.78 Å². The quantitative estimate of drug-likeness (QED) is 0.466. The van der Waals surface area contributed by atoms with Crippen molar-refractivity contribution in [1.82, 2.24) is 29.9 Å². The van der Waals surface area contributed by atoms with Crippen LogP contribution in [0.1, 0.15) is 22.3 Å². The zero-order valence-corrected chi connectivity index (χ0v) is 18.9. The van der Waals surface area contributed by atoms with E-state index in [1.54, 1.807) is 12.4 Å². The SMILES string of the molecule is Cc1ccc(-n2nccn2)c(C(=O)N2C[C@@H]3CCN(c4cnc5ccc(Cl)cc5n4)C[C@@H]32)c1. The highest BCUT2D eigenvalue weighted by Gasteiger charge is 2.46. The lowest BCUT2D eigenvalue weighted by atomic mass is 9.81. The van der Waals surface area contributed by atoms with E-state index in [1.165, 1.54) is 4.80 Å².